The van der Waals surface area contributed by atoms with Crippen molar-refractivity contribution >= 4 is 21.9 Å². The molecule has 0 fully saturated rings. The van der Waals surface area contributed by atoms with E-state index in [2.05, 4.69) is 5.32 Å². The van der Waals surface area contributed by atoms with E-state index < -0.39 is 28.5 Å². The zero-order chi connectivity index (χ0) is 20.7. The Hall–Kier alpha value is -2.75. The summed E-state index contributed by atoms with van der Waals surface area (Å²) in [6, 6.07) is 14.4. The van der Waals surface area contributed by atoms with Gasteiger partial charge in [0, 0.05) is 7.05 Å². The first-order chi connectivity index (χ1) is 13.3. The van der Waals surface area contributed by atoms with E-state index in [1.165, 1.54) is 32.4 Å². The third kappa shape index (κ3) is 5.38. The zero-order valence-corrected chi connectivity index (χ0v) is 16.6. The number of hydroxylamine groups is 1. The van der Waals surface area contributed by atoms with E-state index in [0.717, 1.165) is 11.6 Å². The van der Waals surface area contributed by atoms with Gasteiger partial charge >= 0.3 is 5.97 Å². The van der Waals surface area contributed by atoms with E-state index in [9.17, 15) is 18.0 Å². The van der Waals surface area contributed by atoms with Crippen LogP contribution in [0, 0.1) is 0 Å². The predicted molar refractivity (Wildman–Crippen MR) is 102 cm³/mol. The van der Waals surface area contributed by atoms with Gasteiger partial charge in [-0.25, -0.2) is 13.2 Å². The highest BCUT2D eigenvalue weighted by Gasteiger charge is 2.22. The van der Waals surface area contributed by atoms with Crippen molar-refractivity contribution in [2.75, 3.05) is 20.8 Å². The second kappa shape index (κ2) is 9.45. The summed E-state index contributed by atoms with van der Waals surface area (Å²) in [5.74, 6) is -1.27. The molecule has 2 rings (SSSR count). The molecule has 9 heteroatoms. The number of esters is 1. The van der Waals surface area contributed by atoms with Crippen LogP contribution in [-0.2, 0) is 24.4 Å². The average molecular weight is 406 g/mol. The molecule has 0 spiro atoms. The number of amides is 1. The van der Waals surface area contributed by atoms with Crippen molar-refractivity contribution in [1.82, 2.24) is 9.79 Å². The maximum atomic E-state index is 12.2. The predicted octanol–water partition coefficient (Wildman–Crippen LogP) is 1.90. The van der Waals surface area contributed by atoms with Gasteiger partial charge in [0.25, 0.3) is 15.9 Å². The molecular formula is C19H22N2O6S. The van der Waals surface area contributed by atoms with Crippen LogP contribution in [0.4, 0.5) is 0 Å². The smallest absolute Gasteiger partial charge is 0.338 e. The van der Waals surface area contributed by atoms with Gasteiger partial charge in [0.1, 0.15) is 0 Å². The normalized spacial score (nSPS) is 12.4. The highest BCUT2D eigenvalue weighted by molar-refractivity contribution is 7.89. The average Bonchev–Trinajstić information content (AvgIpc) is 2.71. The molecule has 1 N–H and O–H groups in total. The van der Waals surface area contributed by atoms with E-state index in [1.807, 2.05) is 37.3 Å². The number of hydrogen-bond donors (Lipinski definition) is 1. The van der Waals surface area contributed by atoms with E-state index >= 15 is 0 Å². The number of carbonyl (C=O) groups excluding carboxylic acids is 2. The highest BCUT2D eigenvalue weighted by atomic mass is 32.2. The number of carbonyl (C=O) groups is 2. The fourth-order valence-corrected chi connectivity index (χ4v) is 3.37. The Morgan fingerprint density at radius 3 is 2.43 bits per heavy atom. The van der Waals surface area contributed by atoms with Crippen molar-refractivity contribution in [3.63, 3.8) is 0 Å². The summed E-state index contributed by atoms with van der Waals surface area (Å²) in [6.07, 6.45) is 0. The summed E-state index contributed by atoms with van der Waals surface area (Å²) in [6.45, 7) is 1.33. The van der Waals surface area contributed by atoms with Crippen LogP contribution in [-0.4, -0.2) is 45.5 Å². The number of ether oxygens (including phenoxy) is 1. The lowest BCUT2D eigenvalue weighted by Gasteiger charge is -2.15. The van der Waals surface area contributed by atoms with Gasteiger partial charge in [0.05, 0.1) is 23.6 Å². The van der Waals surface area contributed by atoms with Crippen LogP contribution in [0.5, 0.6) is 0 Å². The molecule has 1 atom stereocenters. The summed E-state index contributed by atoms with van der Waals surface area (Å²) in [7, 11) is -1.45. The fourth-order valence-electron chi connectivity index (χ4n) is 2.35. The lowest BCUT2D eigenvalue weighted by Crippen LogP contribution is -2.31. The standard InChI is InChI=1S/C19H22N2O6S/c1-14(15-8-5-4-6-9-15)20-18(22)13-27-19(23)16-10-7-11-17(12-16)28(24,25)21(2)26-3/h4-12,14H,13H2,1-3H3,(H,20,22)/t14-/m1/s1. The van der Waals surface area contributed by atoms with Crippen LogP contribution >= 0.6 is 0 Å². The number of nitrogens with one attached hydrogen (secondary N) is 1. The first-order valence-corrected chi connectivity index (χ1v) is 9.84. The Morgan fingerprint density at radius 2 is 1.79 bits per heavy atom. The topological polar surface area (TPSA) is 102 Å². The number of benzene rings is 2. The number of rotatable bonds is 8. The molecule has 0 saturated carbocycles. The van der Waals surface area contributed by atoms with Gasteiger partial charge in [0.15, 0.2) is 6.61 Å². The molecule has 0 aliphatic heterocycles. The zero-order valence-electron chi connectivity index (χ0n) is 15.8. The minimum Gasteiger partial charge on any atom is -0.452 e. The summed E-state index contributed by atoms with van der Waals surface area (Å²) in [5, 5.41) is 2.73. The minimum atomic E-state index is -3.90. The summed E-state index contributed by atoms with van der Waals surface area (Å²) < 4.78 is 30.2. The van der Waals surface area contributed by atoms with Gasteiger partial charge in [-0.15, -0.1) is 0 Å². The molecule has 8 nitrogen and oxygen atoms in total. The van der Waals surface area contributed by atoms with Gasteiger partial charge in [0.2, 0.25) is 0 Å². The first kappa shape index (κ1) is 21.5. The number of nitrogens with zero attached hydrogens (tertiary/aromatic N) is 1. The van der Waals surface area contributed by atoms with Crippen LogP contribution in [0.2, 0.25) is 0 Å². The summed E-state index contributed by atoms with van der Waals surface area (Å²) >= 11 is 0. The molecule has 0 aromatic heterocycles. The van der Waals surface area contributed by atoms with Gasteiger partial charge in [-0.2, -0.15) is 0 Å². The molecule has 150 valence electrons. The van der Waals surface area contributed by atoms with Gasteiger partial charge < -0.3 is 10.1 Å². The maximum absolute atomic E-state index is 12.2. The lowest BCUT2D eigenvalue weighted by atomic mass is 10.1. The van der Waals surface area contributed by atoms with Crippen molar-refractivity contribution < 1.29 is 27.6 Å². The molecule has 0 unspecified atom stereocenters. The van der Waals surface area contributed by atoms with E-state index in [1.54, 1.807) is 0 Å². The molecule has 2 aromatic carbocycles. The Balaban J connectivity index is 1.98. The SMILES string of the molecule is CON(C)S(=O)(=O)c1cccc(C(=O)OCC(=O)N[C@H](C)c2ccccc2)c1. The van der Waals surface area contributed by atoms with E-state index in [0.29, 0.717) is 4.47 Å². The Labute approximate surface area is 164 Å². The van der Waals surface area contributed by atoms with E-state index in [-0.39, 0.29) is 16.5 Å². The molecule has 2 aromatic rings. The quantitative estimate of drug-likeness (QED) is 0.531. The Bertz CT molecular complexity index is 930. The second-order valence-electron chi connectivity index (χ2n) is 5.90. The minimum absolute atomic E-state index is 0.00878. The number of hydrogen-bond acceptors (Lipinski definition) is 6. The maximum Gasteiger partial charge on any atom is 0.338 e. The molecule has 0 saturated heterocycles. The summed E-state index contributed by atoms with van der Waals surface area (Å²) in [5.41, 5.74) is 0.928. The second-order valence-corrected chi connectivity index (χ2v) is 7.84. The van der Waals surface area contributed by atoms with Crippen LogP contribution in [0.1, 0.15) is 28.9 Å². The van der Waals surface area contributed by atoms with Gasteiger partial charge in [-0.05, 0) is 30.7 Å². The molecule has 0 heterocycles. The third-order valence-electron chi connectivity index (χ3n) is 3.97. The van der Waals surface area contributed by atoms with Crippen molar-refractivity contribution in [2.24, 2.45) is 0 Å². The van der Waals surface area contributed by atoms with Gasteiger partial charge in [-0.3, -0.25) is 9.63 Å². The van der Waals surface area contributed by atoms with Crippen molar-refractivity contribution in [3.05, 3.63) is 65.7 Å². The first-order valence-electron chi connectivity index (χ1n) is 8.40. The van der Waals surface area contributed by atoms with E-state index in [4.69, 9.17) is 9.57 Å². The molecule has 0 radical (unpaired) electrons. The van der Waals surface area contributed by atoms with Crippen LogP contribution in [0.3, 0.4) is 0 Å². The van der Waals surface area contributed by atoms with Crippen LogP contribution in [0.25, 0.3) is 0 Å². The molecule has 0 aliphatic carbocycles. The van der Waals surface area contributed by atoms with Crippen molar-refractivity contribution in [3.8, 4) is 0 Å². The monoisotopic (exact) mass is 406 g/mol. The van der Waals surface area contributed by atoms with Crippen molar-refractivity contribution in [2.45, 2.75) is 17.9 Å². The van der Waals surface area contributed by atoms with Crippen LogP contribution < -0.4 is 5.32 Å². The fraction of sp³-hybridized carbons (Fsp3) is 0.263. The molecular weight excluding hydrogens is 384 g/mol. The third-order valence-corrected chi connectivity index (χ3v) is 5.65. The Morgan fingerprint density at radius 1 is 1.11 bits per heavy atom. The van der Waals surface area contributed by atoms with Crippen LogP contribution in [0.15, 0.2) is 59.5 Å². The lowest BCUT2D eigenvalue weighted by molar-refractivity contribution is -0.124. The number of sulfonamides is 1. The van der Waals surface area contributed by atoms with Crippen molar-refractivity contribution in [1.29, 1.82) is 0 Å². The van der Waals surface area contributed by atoms with Gasteiger partial charge in [-0.1, -0.05) is 40.9 Å². The highest BCUT2D eigenvalue weighted by Crippen LogP contribution is 2.16. The molecule has 0 bridgehead atoms. The summed E-state index contributed by atoms with van der Waals surface area (Å²) in [4.78, 5) is 28.8. The largest absolute Gasteiger partial charge is 0.452 e. The molecule has 0 aliphatic rings. The molecule has 28 heavy (non-hydrogen) atoms. The Kier molecular flexibility index (Phi) is 7.27. The molecule has 1 amide bonds.